The van der Waals surface area contributed by atoms with Gasteiger partial charge in [0.15, 0.2) is 0 Å². The summed E-state index contributed by atoms with van der Waals surface area (Å²) in [7, 11) is 0. The number of pyridine rings is 1. The van der Waals surface area contributed by atoms with Gasteiger partial charge in [0.2, 0.25) is 0 Å². The molecule has 1 aromatic heterocycles. The number of aromatic nitrogens is 1. The van der Waals surface area contributed by atoms with Crippen molar-refractivity contribution in [1.29, 1.82) is 0 Å². The Balaban J connectivity index is 1.92. The number of hydrogen-bond donors (Lipinski definition) is 1. The van der Waals surface area contributed by atoms with E-state index < -0.39 is 0 Å². The number of anilines is 1. The van der Waals surface area contributed by atoms with Gasteiger partial charge in [0.05, 0.1) is 0 Å². The Morgan fingerprint density at radius 2 is 2.06 bits per heavy atom. The number of hydrogen-bond acceptors (Lipinski definition) is 2. The average molecular weight is 242 g/mol. The molecule has 0 unspecified atom stereocenters. The largest absolute Gasteiger partial charge is 0.383 e. The predicted octanol–water partition coefficient (Wildman–Crippen LogP) is 2.52. The van der Waals surface area contributed by atoms with E-state index in [4.69, 9.17) is 0 Å². The van der Waals surface area contributed by atoms with E-state index >= 15 is 0 Å². The topological polar surface area (TPSA) is 34.0 Å². The summed E-state index contributed by atoms with van der Waals surface area (Å²) < 4.78 is 1.71. The van der Waals surface area contributed by atoms with Crippen molar-refractivity contribution in [2.75, 3.05) is 11.9 Å². The molecule has 0 aliphatic carbocycles. The summed E-state index contributed by atoms with van der Waals surface area (Å²) in [6.45, 7) is 3.57. The van der Waals surface area contributed by atoms with Crippen molar-refractivity contribution in [3.05, 3.63) is 64.6 Å². The third kappa shape index (κ3) is 3.23. The first kappa shape index (κ1) is 12.4. The summed E-state index contributed by atoms with van der Waals surface area (Å²) in [4.78, 5) is 11.5. The first-order valence-electron chi connectivity index (χ1n) is 6.28. The molecule has 18 heavy (non-hydrogen) atoms. The number of aryl methyl sites for hydroxylation is 1. The molecule has 0 spiro atoms. The lowest BCUT2D eigenvalue weighted by molar-refractivity contribution is 0.697. The fraction of sp³-hybridized carbons (Fsp3) is 0.267. The molecule has 2 rings (SSSR count). The van der Waals surface area contributed by atoms with Crippen LogP contribution in [0.25, 0.3) is 0 Å². The van der Waals surface area contributed by atoms with Gasteiger partial charge in [-0.3, -0.25) is 4.79 Å². The van der Waals surface area contributed by atoms with Gasteiger partial charge < -0.3 is 9.88 Å². The number of benzene rings is 1. The van der Waals surface area contributed by atoms with E-state index in [1.807, 2.05) is 18.3 Å². The minimum absolute atomic E-state index is 0.0432. The standard InChI is InChI=1S/C15H18N2O/c1-2-13-6-5-7-14(12-13)16-9-11-17-10-4-3-8-15(17)18/h3-8,10,12,16H,2,9,11H2,1H3. The lowest BCUT2D eigenvalue weighted by Gasteiger charge is -2.09. The van der Waals surface area contributed by atoms with Crippen LogP contribution in [-0.2, 0) is 13.0 Å². The maximum atomic E-state index is 11.5. The van der Waals surface area contributed by atoms with Crippen LogP contribution in [0.5, 0.6) is 0 Å². The summed E-state index contributed by atoms with van der Waals surface area (Å²) >= 11 is 0. The Bertz CT molecular complexity index is 560. The van der Waals surface area contributed by atoms with Crippen LogP contribution in [0.4, 0.5) is 5.69 Å². The molecule has 0 aliphatic rings. The second-order valence-corrected chi connectivity index (χ2v) is 4.21. The number of nitrogens with zero attached hydrogens (tertiary/aromatic N) is 1. The van der Waals surface area contributed by atoms with E-state index in [0.717, 1.165) is 18.7 Å². The zero-order valence-electron chi connectivity index (χ0n) is 10.6. The Labute approximate surface area is 107 Å². The fourth-order valence-corrected chi connectivity index (χ4v) is 1.87. The van der Waals surface area contributed by atoms with Gasteiger partial charge in [-0.05, 0) is 30.2 Å². The van der Waals surface area contributed by atoms with Crippen molar-refractivity contribution >= 4 is 5.69 Å². The van der Waals surface area contributed by atoms with E-state index in [0.29, 0.717) is 6.54 Å². The Morgan fingerprint density at radius 1 is 1.17 bits per heavy atom. The number of nitrogens with one attached hydrogen (secondary N) is 1. The van der Waals surface area contributed by atoms with Gasteiger partial charge in [-0.25, -0.2) is 0 Å². The Kier molecular flexibility index (Phi) is 4.18. The molecule has 0 saturated carbocycles. The second-order valence-electron chi connectivity index (χ2n) is 4.21. The predicted molar refractivity (Wildman–Crippen MR) is 75.0 cm³/mol. The van der Waals surface area contributed by atoms with Crippen molar-refractivity contribution in [1.82, 2.24) is 4.57 Å². The summed E-state index contributed by atoms with van der Waals surface area (Å²) in [6, 6.07) is 13.6. The third-order valence-corrected chi connectivity index (χ3v) is 2.92. The van der Waals surface area contributed by atoms with E-state index in [9.17, 15) is 4.79 Å². The van der Waals surface area contributed by atoms with E-state index in [1.165, 1.54) is 5.56 Å². The van der Waals surface area contributed by atoms with Crippen molar-refractivity contribution in [2.45, 2.75) is 19.9 Å². The molecule has 94 valence electrons. The Hall–Kier alpha value is -2.03. The fourth-order valence-electron chi connectivity index (χ4n) is 1.87. The van der Waals surface area contributed by atoms with E-state index in [-0.39, 0.29) is 5.56 Å². The molecule has 0 amide bonds. The molecule has 3 nitrogen and oxygen atoms in total. The number of rotatable bonds is 5. The van der Waals surface area contributed by atoms with Crippen LogP contribution < -0.4 is 10.9 Å². The first-order valence-corrected chi connectivity index (χ1v) is 6.28. The lowest BCUT2D eigenvalue weighted by Crippen LogP contribution is -2.21. The van der Waals surface area contributed by atoms with Crippen molar-refractivity contribution in [2.24, 2.45) is 0 Å². The monoisotopic (exact) mass is 242 g/mol. The maximum Gasteiger partial charge on any atom is 0.250 e. The lowest BCUT2D eigenvalue weighted by atomic mass is 10.1. The van der Waals surface area contributed by atoms with Gasteiger partial charge in [-0.15, -0.1) is 0 Å². The smallest absolute Gasteiger partial charge is 0.250 e. The SMILES string of the molecule is CCc1cccc(NCCn2ccccc2=O)c1. The quantitative estimate of drug-likeness (QED) is 0.874. The summed E-state index contributed by atoms with van der Waals surface area (Å²) in [6.07, 6.45) is 2.85. The zero-order valence-corrected chi connectivity index (χ0v) is 10.6. The van der Waals surface area contributed by atoms with Crippen molar-refractivity contribution in [3.63, 3.8) is 0 Å². The van der Waals surface area contributed by atoms with Crippen LogP contribution in [0.3, 0.4) is 0 Å². The van der Waals surface area contributed by atoms with Crippen LogP contribution in [0.15, 0.2) is 53.5 Å². The first-order chi connectivity index (χ1) is 8.79. The van der Waals surface area contributed by atoms with Crippen molar-refractivity contribution < 1.29 is 0 Å². The maximum absolute atomic E-state index is 11.5. The highest BCUT2D eigenvalue weighted by atomic mass is 16.1. The van der Waals surface area contributed by atoms with Gasteiger partial charge in [-0.1, -0.05) is 25.1 Å². The average Bonchev–Trinajstić information content (AvgIpc) is 2.41. The molecule has 0 radical (unpaired) electrons. The minimum atomic E-state index is 0.0432. The van der Waals surface area contributed by atoms with Gasteiger partial charge in [0, 0.05) is 31.0 Å². The zero-order chi connectivity index (χ0) is 12.8. The second kappa shape index (κ2) is 6.05. The molecule has 2 aromatic rings. The normalized spacial score (nSPS) is 10.3. The molecule has 0 fully saturated rings. The van der Waals surface area contributed by atoms with Crippen LogP contribution in [0.1, 0.15) is 12.5 Å². The minimum Gasteiger partial charge on any atom is -0.383 e. The summed E-state index contributed by atoms with van der Waals surface area (Å²) in [5, 5.41) is 3.34. The summed E-state index contributed by atoms with van der Waals surface area (Å²) in [5.41, 5.74) is 2.47. The van der Waals surface area contributed by atoms with E-state index in [2.05, 4.69) is 30.4 Å². The van der Waals surface area contributed by atoms with Crippen molar-refractivity contribution in [3.8, 4) is 0 Å². The molecule has 0 atom stereocenters. The van der Waals surface area contributed by atoms with Gasteiger partial charge in [0.25, 0.3) is 5.56 Å². The van der Waals surface area contributed by atoms with Crippen LogP contribution in [0, 0.1) is 0 Å². The molecule has 1 heterocycles. The highest BCUT2D eigenvalue weighted by Crippen LogP contribution is 2.10. The third-order valence-electron chi connectivity index (χ3n) is 2.92. The molecule has 3 heteroatoms. The molecule has 0 bridgehead atoms. The van der Waals surface area contributed by atoms with Crippen LogP contribution in [0.2, 0.25) is 0 Å². The van der Waals surface area contributed by atoms with Gasteiger partial charge in [0.1, 0.15) is 0 Å². The van der Waals surface area contributed by atoms with Gasteiger partial charge >= 0.3 is 0 Å². The molecule has 1 N–H and O–H groups in total. The van der Waals surface area contributed by atoms with Crippen LogP contribution >= 0.6 is 0 Å². The molecular formula is C15H18N2O. The summed E-state index contributed by atoms with van der Waals surface area (Å²) in [5.74, 6) is 0. The Morgan fingerprint density at radius 3 is 2.83 bits per heavy atom. The van der Waals surface area contributed by atoms with Gasteiger partial charge in [-0.2, -0.15) is 0 Å². The highest BCUT2D eigenvalue weighted by molar-refractivity contribution is 5.45. The highest BCUT2D eigenvalue weighted by Gasteiger charge is 1.95. The molecular weight excluding hydrogens is 224 g/mol. The van der Waals surface area contributed by atoms with Crippen LogP contribution in [-0.4, -0.2) is 11.1 Å². The molecule has 1 aromatic carbocycles. The molecule has 0 saturated heterocycles. The van der Waals surface area contributed by atoms with E-state index in [1.54, 1.807) is 16.7 Å². The molecule has 0 aliphatic heterocycles.